The van der Waals surface area contributed by atoms with Gasteiger partial charge in [0, 0.05) is 17.3 Å². The minimum atomic E-state index is 0.521. The number of aromatic nitrogens is 1. The molecule has 21 heavy (non-hydrogen) atoms. The number of aryl methyl sites for hydroxylation is 1. The minimum absolute atomic E-state index is 0.521. The van der Waals surface area contributed by atoms with Crippen LogP contribution in [0.25, 0.3) is 16.6 Å². The average molecular weight is 321 g/mol. The van der Waals surface area contributed by atoms with E-state index in [-0.39, 0.29) is 0 Å². The third-order valence-corrected chi connectivity index (χ3v) is 4.07. The third-order valence-electron chi connectivity index (χ3n) is 3.49. The number of rotatable bonds is 2. The van der Waals surface area contributed by atoms with Crippen LogP contribution in [0.2, 0.25) is 10.0 Å². The molecule has 0 aliphatic carbocycles. The van der Waals surface area contributed by atoms with Gasteiger partial charge in [-0.3, -0.25) is 0 Å². The number of benzene rings is 2. The van der Waals surface area contributed by atoms with E-state index >= 15 is 0 Å². The van der Waals surface area contributed by atoms with Crippen molar-refractivity contribution in [1.82, 2.24) is 4.57 Å². The predicted octanol–water partition coefficient (Wildman–Crippen LogP) is 4.84. The Balaban J connectivity index is 2.32. The molecule has 0 unspecified atom stereocenters. The Bertz CT molecular complexity index is 817. The summed E-state index contributed by atoms with van der Waals surface area (Å²) in [4.78, 5) is 0. The molecular weight excluding hydrogens is 307 g/mol. The van der Waals surface area contributed by atoms with E-state index in [0.717, 1.165) is 27.9 Å². The Morgan fingerprint density at radius 2 is 1.76 bits per heavy atom. The van der Waals surface area contributed by atoms with Crippen LogP contribution in [0, 0.1) is 6.92 Å². The van der Waals surface area contributed by atoms with Crippen molar-refractivity contribution in [2.75, 3.05) is 12.8 Å². The average Bonchev–Trinajstić information content (AvgIpc) is 2.74. The molecule has 1 aromatic heterocycles. The van der Waals surface area contributed by atoms with E-state index in [1.54, 1.807) is 19.2 Å². The Hall–Kier alpha value is -1.84. The number of fused-ring (bicyclic) bond motifs is 1. The number of methoxy groups -OCH3 is 1. The molecule has 0 radical (unpaired) electrons. The molecule has 3 nitrogen and oxygen atoms in total. The second-order valence-corrected chi connectivity index (χ2v) is 5.71. The molecule has 108 valence electrons. The SMILES string of the molecule is COc1ccc2c(c1)c(C)cn2-c1c(Cl)cc(N)cc1Cl. The van der Waals surface area contributed by atoms with Gasteiger partial charge in [0.25, 0.3) is 0 Å². The van der Waals surface area contributed by atoms with Gasteiger partial charge in [0.2, 0.25) is 0 Å². The first-order valence-electron chi connectivity index (χ1n) is 6.42. The number of nitrogens with zero attached hydrogens (tertiary/aromatic N) is 1. The number of ether oxygens (including phenoxy) is 1. The van der Waals surface area contributed by atoms with Crippen LogP contribution in [0.3, 0.4) is 0 Å². The zero-order valence-corrected chi connectivity index (χ0v) is 13.2. The Labute approximate surface area is 132 Å². The standard InChI is InChI=1S/C16H14Cl2N2O/c1-9-8-20(15-4-3-11(21-2)7-12(9)15)16-13(17)5-10(19)6-14(16)18/h3-8H,19H2,1-2H3. The molecular formula is C16H14Cl2N2O. The van der Waals surface area contributed by atoms with Crippen molar-refractivity contribution in [2.24, 2.45) is 0 Å². The maximum Gasteiger partial charge on any atom is 0.119 e. The van der Waals surface area contributed by atoms with Gasteiger partial charge in [0.15, 0.2) is 0 Å². The highest BCUT2D eigenvalue weighted by atomic mass is 35.5. The Morgan fingerprint density at radius 3 is 2.38 bits per heavy atom. The molecule has 0 atom stereocenters. The van der Waals surface area contributed by atoms with E-state index in [0.29, 0.717) is 15.7 Å². The van der Waals surface area contributed by atoms with Crippen molar-refractivity contribution in [3.8, 4) is 11.4 Å². The first-order chi connectivity index (χ1) is 10.0. The van der Waals surface area contributed by atoms with Gasteiger partial charge >= 0.3 is 0 Å². The summed E-state index contributed by atoms with van der Waals surface area (Å²) in [6.07, 6.45) is 2.01. The molecule has 2 aromatic carbocycles. The van der Waals surface area contributed by atoms with Crippen LogP contribution in [-0.4, -0.2) is 11.7 Å². The summed E-state index contributed by atoms with van der Waals surface area (Å²) in [5.41, 5.74) is 9.18. The van der Waals surface area contributed by atoms with Gasteiger partial charge in [-0.1, -0.05) is 23.2 Å². The predicted molar refractivity (Wildman–Crippen MR) is 89.0 cm³/mol. The number of nitrogens with two attached hydrogens (primary N) is 1. The first-order valence-corrected chi connectivity index (χ1v) is 7.17. The van der Waals surface area contributed by atoms with Gasteiger partial charge in [-0.2, -0.15) is 0 Å². The van der Waals surface area contributed by atoms with E-state index in [1.165, 1.54) is 0 Å². The van der Waals surface area contributed by atoms with Crippen LogP contribution in [0.5, 0.6) is 5.75 Å². The van der Waals surface area contributed by atoms with Gasteiger partial charge < -0.3 is 15.0 Å². The van der Waals surface area contributed by atoms with E-state index in [1.807, 2.05) is 35.9 Å². The summed E-state index contributed by atoms with van der Waals surface area (Å²) in [7, 11) is 1.65. The lowest BCUT2D eigenvalue weighted by atomic mass is 10.2. The summed E-state index contributed by atoms with van der Waals surface area (Å²) >= 11 is 12.7. The second-order valence-electron chi connectivity index (χ2n) is 4.90. The molecule has 0 saturated heterocycles. The van der Waals surface area contributed by atoms with E-state index in [4.69, 9.17) is 33.7 Å². The van der Waals surface area contributed by atoms with Crippen molar-refractivity contribution in [3.63, 3.8) is 0 Å². The van der Waals surface area contributed by atoms with Crippen LogP contribution in [0.15, 0.2) is 36.5 Å². The smallest absolute Gasteiger partial charge is 0.119 e. The lowest BCUT2D eigenvalue weighted by Crippen LogP contribution is -1.96. The second kappa shape index (κ2) is 5.17. The molecule has 0 aliphatic heterocycles. The maximum atomic E-state index is 6.33. The largest absolute Gasteiger partial charge is 0.497 e. The summed E-state index contributed by atoms with van der Waals surface area (Å²) < 4.78 is 7.26. The Kier molecular flexibility index (Phi) is 3.47. The Morgan fingerprint density at radius 1 is 1.10 bits per heavy atom. The molecule has 1 heterocycles. The number of hydrogen-bond donors (Lipinski definition) is 1. The normalized spacial score (nSPS) is 11.0. The minimum Gasteiger partial charge on any atom is -0.497 e. The number of halogens is 2. The highest BCUT2D eigenvalue weighted by Crippen LogP contribution is 2.35. The molecule has 0 bridgehead atoms. The fourth-order valence-electron chi connectivity index (χ4n) is 2.50. The van der Waals surface area contributed by atoms with Crippen LogP contribution in [-0.2, 0) is 0 Å². The van der Waals surface area contributed by atoms with Crippen LogP contribution in [0.1, 0.15) is 5.56 Å². The molecule has 5 heteroatoms. The monoisotopic (exact) mass is 320 g/mol. The zero-order valence-electron chi connectivity index (χ0n) is 11.7. The number of nitrogen functional groups attached to an aromatic ring is 1. The summed E-state index contributed by atoms with van der Waals surface area (Å²) in [5.74, 6) is 0.817. The van der Waals surface area contributed by atoms with Gasteiger partial charge in [-0.25, -0.2) is 0 Å². The summed E-state index contributed by atoms with van der Waals surface area (Å²) in [5, 5.41) is 2.14. The van der Waals surface area contributed by atoms with Crippen molar-refractivity contribution in [2.45, 2.75) is 6.92 Å². The van der Waals surface area contributed by atoms with Gasteiger partial charge in [-0.15, -0.1) is 0 Å². The van der Waals surface area contributed by atoms with Gasteiger partial charge in [0.1, 0.15) is 5.75 Å². The fourth-order valence-corrected chi connectivity index (χ4v) is 3.19. The number of anilines is 1. The van der Waals surface area contributed by atoms with E-state index < -0.39 is 0 Å². The highest BCUT2D eigenvalue weighted by molar-refractivity contribution is 6.38. The molecule has 0 saturated carbocycles. The van der Waals surface area contributed by atoms with Crippen LogP contribution < -0.4 is 10.5 Å². The van der Waals surface area contributed by atoms with Gasteiger partial charge in [-0.05, 0) is 42.8 Å². The van der Waals surface area contributed by atoms with Gasteiger partial charge in [0.05, 0.1) is 28.4 Å². The molecule has 0 amide bonds. The molecule has 2 N–H and O–H groups in total. The van der Waals surface area contributed by atoms with Crippen molar-refractivity contribution in [3.05, 3.63) is 52.1 Å². The van der Waals surface area contributed by atoms with Crippen LogP contribution in [0.4, 0.5) is 5.69 Å². The van der Waals surface area contributed by atoms with E-state index in [9.17, 15) is 0 Å². The highest BCUT2D eigenvalue weighted by Gasteiger charge is 2.14. The molecule has 0 spiro atoms. The molecule has 0 aliphatic rings. The summed E-state index contributed by atoms with van der Waals surface area (Å²) in [6, 6.07) is 9.31. The maximum absolute atomic E-state index is 6.33. The zero-order chi connectivity index (χ0) is 15.1. The molecule has 3 rings (SSSR count). The quantitative estimate of drug-likeness (QED) is 0.686. The fraction of sp³-hybridized carbons (Fsp3) is 0.125. The third kappa shape index (κ3) is 2.33. The topological polar surface area (TPSA) is 40.2 Å². The number of hydrogen-bond acceptors (Lipinski definition) is 2. The van der Waals surface area contributed by atoms with Crippen LogP contribution >= 0.6 is 23.2 Å². The van der Waals surface area contributed by atoms with Crippen molar-refractivity contribution < 1.29 is 4.74 Å². The first kappa shape index (κ1) is 14.1. The van der Waals surface area contributed by atoms with Crippen molar-refractivity contribution in [1.29, 1.82) is 0 Å². The van der Waals surface area contributed by atoms with Crippen molar-refractivity contribution >= 4 is 39.8 Å². The molecule has 3 aromatic rings. The summed E-state index contributed by atoms with van der Waals surface area (Å²) in [6.45, 7) is 2.04. The lowest BCUT2D eigenvalue weighted by molar-refractivity contribution is 0.415. The van der Waals surface area contributed by atoms with E-state index in [2.05, 4.69) is 0 Å². The molecule has 0 fully saturated rings. The lowest BCUT2D eigenvalue weighted by Gasteiger charge is -2.11.